The predicted octanol–water partition coefficient (Wildman–Crippen LogP) is 2.81. The second-order valence-corrected chi connectivity index (χ2v) is 4.67. The van der Waals surface area contributed by atoms with Gasteiger partial charge in [0.05, 0.1) is 0 Å². The predicted molar refractivity (Wildman–Crippen MR) is 57.2 cm³/mol. The second-order valence-electron chi connectivity index (χ2n) is 4.67. The van der Waals surface area contributed by atoms with Gasteiger partial charge in [-0.2, -0.15) is 0 Å². The number of hydrogen-bond acceptors (Lipinski definition) is 2. The number of ether oxygens (including phenoxy) is 1. The van der Waals surface area contributed by atoms with Crippen LogP contribution in [0.3, 0.4) is 0 Å². The van der Waals surface area contributed by atoms with Crippen molar-refractivity contribution < 1.29 is 9.53 Å². The van der Waals surface area contributed by atoms with Gasteiger partial charge < -0.3 is 4.74 Å². The molecule has 1 saturated carbocycles. The highest BCUT2D eigenvalue weighted by atomic mass is 16.5. The highest BCUT2D eigenvalue weighted by molar-refractivity contribution is 5.81. The molecule has 0 aliphatic heterocycles. The summed E-state index contributed by atoms with van der Waals surface area (Å²) in [5.41, 5.74) is 0. The summed E-state index contributed by atoms with van der Waals surface area (Å²) in [6.07, 6.45) is 5.15. The van der Waals surface area contributed by atoms with Gasteiger partial charge in [0, 0.05) is 25.6 Å². The Kier molecular flexibility index (Phi) is 5.16. The van der Waals surface area contributed by atoms with Crippen molar-refractivity contribution >= 4 is 5.78 Å². The van der Waals surface area contributed by atoms with E-state index in [1.54, 1.807) is 0 Å². The monoisotopic (exact) mass is 198 g/mol. The molecule has 0 saturated heterocycles. The minimum Gasteiger partial charge on any atom is -0.381 e. The lowest BCUT2D eigenvalue weighted by Crippen LogP contribution is -2.20. The molecule has 0 aromatic carbocycles. The number of rotatable bonds is 5. The molecule has 0 N–H and O–H groups in total. The highest BCUT2D eigenvalue weighted by Crippen LogP contribution is 2.23. The van der Waals surface area contributed by atoms with Gasteiger partial charge in [0.25, 0.3) is 0 Å². The van der Waals surface area contributed by atoms with Gasteiger partial charge in [-0.3, -0.25) is 4.79 Å². The average Bonchev–Trinajstić information content (AvgIpc) is 2.15. The molecule has 0 bridgehead atoms. The number of ketones is 1. The van der Waals surface area contributed by atoms with Crippen molar-refractivity contribution in [2.24, 2.45) is 11.8 Å². The zero-order valence-corrected chi connectivity index (χ0v) is 9.42. The molecular formula is C12H22O2. The SMILES string of the molecule is CC(C)COCCC1CCCCC1=O. The summed E-state index contributed by atoms with van der Waals surface area (Å²) < 4.78 is 5.49. The van der Waals surface area contributed by atoms with Crippen molar-refractivity contribution in [2.45, 2.75) is 46.0 Å². The standard InChI is InChI=1S/C12H22O2/c1-10(2)9-14-8-7-11-5-3-4-6-12(11)13/h10-11H,3-9H2,1-2H3. The average molecular weight is 198 g/mol. The molecule has 1 atom stereocenters. The lowest BCUT2D eigenvalue weighted by atomic mass is 9.86. The topological polar surface area (TPSA) is 26.3 Å². The fourth-order valence-corrected chi connectivity index (χ4v) is 1.91. The molecule has 2 nitrogen and oxygen atoms in total. The van der Waals surface area contributed by atoms with Crippen LogP contribution in [-0.2, 0) is 9.53 Å². The number of carbonyl (C=O) groups excluding carboxylic acids is 1. The first-order valence-corrected chi connectivity index (χ1v) is 5.80. The third-order valence-corrected chi connectivity index (χ3v) is 2.74. The second kappa shape index (κ2) is 6.18. The third-order valence-electron chi connectivity index (χ3n) is 2.74. The van der Waals surface area contributed by atoms with Crippen molar-refractivity contribution in [3.63, 3.8) is 0 Å². The highest BCUT2D eigenvalue weighted by Gasteiger charge is 2.21. The van der Waals surface area contributed by atoms with Crippen LogP contribution >= 0.6 is 0 Å². The zero-order valence-electron chi connectivity index (χ0n) is 9.42. The first-order chi connectivity index (χ1) is 6.70. The summed E-state index contributed by atoms with van der Waals surface area (Å²) in [7, 11) is 0. The molecule has 0 radical (unpaired) electrons. The van der Waals surface area contributed by atoms with Crippen molar-refractivity contribution in [3.05, 3.63) is 0 Å². The van der Waals surface area contributed by atoms with Crippen molar-refractivity contribution in [1.82, 2.24) is 0 Å². The van der Waals surface area contributed by atoms with E-state index in [4.69, 9.17) is 4.74 Å². The van der Waals surface area contributed by atoms with Crippen molar-refractivity contribution in [2.75, 3.05) is 13.2 Å². The Morgan fingerprint density at radius 1 is 1.43 bits per heavy atom. The molecule has 14 heavy (non-hydrogen) atoms. The van der Waals surface area contributed by atoms with Crippen LogP contribution < -0.4 is 0 Å². The first kappa shape index (κ1) is 11.7. The molecule has 1 aliphatic rings. The van der Waals surface area contributed by atoms with E-state index in [1.807, 2.05) is 0 Å². The van der Waals surface area contributed by atoms with E-state index in [-0.39, 0.29) is 0 Å². The largest absolute Gasteiger partial charge is 0.381 e. The van der Waals surface area contributed by atoms with Crippen LogP contribution in [0.1, 0.15) is 46.0 Å². The number of Topliss-reactive ketones (excluding diaryl/α,β-unsaturated/α-hetero) is 1. The smallest absolute Gasteiger partial charge is 0.136 e. The molecule has 2 heteroatoms. The maximum absolute atomic E-state index is 11.5. The van der Waals surface area contributed by atoms with Crippen LogP contribution in [0.4, 0.5) is 0 Å². The summed E-state index contributed by atoms with van der Waals surface area (Å²) in [4.78, 5) is 11.5. The summed E-state index contributed by atoms with van der Waals surface area (Å²) in [6, 6.07) is 0. The van der Waals surface area contributed by atoms with Crippen LogP contribution in [0.25, 0.3) is 0 Å². The summed E-state index contributed by atoms with van der Waals surface area (Å²) in [5.74, 6) is 1.36. The molecule has 82 valence electrons. The molecule has 0 amide bonds. The molecule has 0 spiro atoms. The molecule has 1 unspecified atom stereocenters. The lowest BCUT2D eigenvalue weighted by molar-refractivity contribution is -0.125. The summed E-state index contributed by atoms with van der Waals surface area (Å²) >= 11 is 0. The van der Waals surface area contributed by atoms with Gasteiger partial charge in [0.1, 0.15) is 5.78 Å². The van der Waals surface area contributed by atoms with Gasteiger partial charge in [-0.05, 0) is 25.2 Å². The van der Waals surface area contributed by atoms with Gasteiger partial charge in [-0.25, -0.2) is 0 Å². The summed E-state index contributed by atoms with van der Waals surface area (Å²) in [5, 5.41) is 0. The van der Waals surface area contributed by atoms with E-state index in [9.17, 15) is 4.79 Å². The molecule has 1 rings (SSSR count). The van der Waals surface area contributed by atoms with Gasteiger partial charge in [-0.15, -0.1) is 0 Å². The Hall–Kier alpha value is -0.370. The number of carbonyl (C=O) groups is 1. The van der Waals surface area contributed by atoms with E-state index >= 15 is 0 Å². The van der Waals surface area contributed by atoms with Gasteiger partial charge in [-0.1, -0.05) is 20.3 Å². The van der Waals surface area contributed by atoms with E-state index in [1.165, 1.54) is 6.42 Å². The fourth-order valence-electron chi connectivity index (χ4n) is 1.91. The maximum atomic E-state index is 11.5. The third kappa shape index (κ3) is 4.23. The Labute approximate surface area is 87.0 Å². The molecular weight excluding hydrogens is 176 g/mol. The Bertz CT molecular complexity index is 175. The normalized spacial score (nSPS) is 23.1. The van der Waals surface area contributed by atoms with E-state index in [0.29, 0.717) is 17.6 Å². The maximum Gasteiger partial charge on any atom is 0.136 e. The van der Waals surface area contributed by atoms with Crippen molar-refractivity contribution in [1.29, 1.82) is 0 Å². The molecule has 0 aromatic heterocycles. The fraction of sp³-hybridized carbons (Fsp3) is 0.917. The van der Waals surface area contributed by atoms with Crippen LogP contribution in [0.2, 0.25) is 0 Å². The quantitative estimate of drug-likeness (QED) is 0.635. The molecule has 0 heterocycles. The minimum atomic E-state index is 0.302. The van der Waals surface area contributed by atoms with Crippen LogP contribution in [-0.4, -0.2) is 19.0 Å². The first-order valence-electron chi connectivity index (χ1n) is 5.80. The van der Waals surface area contributed by atoms with E-state index in [2.05, 4.69) is 13.8 Å². The summed E-state index contributed by atoms with van der Waals surface area (Å²) in [6.45, 7) is 5.87. The van der Waals surface area contributed by atoms with Gasteiger partial charge >= 0.3 is 0 Å². The van der Waals surface area contributed by atoms with Crippen LogP contribution in [0.5, 0.6) is 0 Å². The Morgan fingerprint density at radius 2 is 2.21 bits per heavy atom. The van der Waals surface area contributed by atoms with Gasteiger partial charge in [0.2, 0.25) is 0 Å². The Balaban J connectivity index is 2.07. The van der Waals surface area contributed by atoms with Crippen LogP contribution in [0.15, 0.2) is 0 Å². The molecule has 0 aromatic rings. The van der Waals surface area contributed by atoms with Gasteiger partial charge in [0.15, 0.2) is 0 Å². The number of hydrogen-bond donors (Lipinski definition) is 0. The lowest BCUT2D eigenvalue weighted by Gasteiger charge is -2.20. The van der Waals surface area contributed by atoms with Crippen molar-refractivity contribution in [3.8, 4) is 0 Å². The zero-order chi connectivity index (χ0) is 10.4. The van der Waals surface area contributed by atoms with E-state index < -0.39 is 0 Å². The van der Waals surface area contributed by atoms with E-state index in [0.717, 1.165) is 38.9 Å². The Morgan fingerprint density at radius 3 is 2.86 bits per heavy atom. The molecule has 1 aliphatic carbocycles. The minimum absolute atomic E-state index is 0.302. The molecule has 1 fully saturated rings. The van der Waals surface area contributed by atoms with Crippen LogP contribution in [0, 0.1) is 11.8 Å².